The molecule has 0 unspecified atom stereocenters. The number of aryl methyl sites for hydroxylation is 1. The third-order valence-electron chi connectivity index (χ3n) is 5.12. The summed E-state index contributed by atoms with van der Waals surface area (Å²) in [7, 11) is 0. The number of carbonyl (C=O) groups is 2. The lowest BCUT2D eigenvalue weighted by Crippen LogP contribution is -2.51. The maximum atomic E-state index is 13.6. The molecule has 1 aliphatic rings. The van der Waals surface area contributed by atoms with E-state index in [-0.39, 0.29) is 30.6 Å². The Labute approximate surface area is 175 Å². The van der Waals surface area contributed by atoms with Gasteiger partial charge < -0.3 is 10.2 Å². The summed E-state index contributed by atoms with van der Waals surface area (Å²) in [5, 5.41) is 3.42. The molecule has 1 heterocycles. The van der Waals surface area contributed by atoms with Crippen LogP contribution in [-0.4, -0.2) is 54.3 Å². The van der Waals surface area contributed by atoms with Gasteiger partial charge in [-0.15, -0.1) is 0 Å². The summed E-state index contributed by atoms with van der Waals surface area (Å²) >= 11 is 6.13. The Morgan fingerprint density at radius 1 is 1.10 bits per heavy atom. The fraction of sp³-hybridized carbons (Fsp3) is 0.364. The standard InChI is InChI=1S/C22H25ClFN3O2/c1-16-6-7-17(12-20(16)24)14-25-21(28)15-26-8-10-27(11-9-26)22(29)13-18-4-2-3-5-19(18)23/h2-7,12H,8-11,13-15H2,1H3,(H,25,28). The zero-order valence-electron chi connectivity index (χ0n) is 16.5. The average molecular weight is 418 g/mol. The van der Waals surface area contributed by atoms with Crippen LogP contribution in [0.3, 0.4) is 0 Å². The van der Waals surface area contributed by atoms with E-state index in [1.165, 1.54) is 6.07 Å². The number of nitrogens with one attached hydrogen (secondary N) is 1. The Balaban J connectivity index is 1.41. The van der Waals surface area contributed by atoms with Crippen LogP contribution in [0.15, 0.2) is 42.5 Å². The molecule has 7 heteroatoms. The van der Waals surface area contributed by atoms with Crippen molar-refractivity contribution >= 4 is 23.4 Å². The number of carbonyl (C=O) groups excluding carboxylic acids is 2. The lowest BCUT2D eigenvalue weighted by Gasteiger charge is -2.34. The molecule has 0 atom stereocenters. The Kier molecular flexibility index (Phi) is 7.23. The van der Waals surface area contributed by atoms with Gasteiger partial charge in [0, 0.05) is 37.7 Å². The molecule has 1 fully saturated rings. The summed E-state index contributed by atoms with van der Waals surface area (Å²) in [6, 6.07) is 12.3. The van der Waals surface area contributed by atoms with E-state index in [0.717, 1.165) is 11.1 Å². The van der Waals surface area contributed by atoms with Crippen LogP contribution in [-0.2, 0) is 22.6 Å². The van der Waals surface area contributed by atoms with Crippen LogP contribution in [0.25, 0.3) is 0 Å². The first-order chi connectivity index (χ1) is 13.9. The zero-order valence-corrected chi connectivity index (χ0v) is 17.2. The Morgan fingerprint density at radius 3 is 2.52 bits per heavy atom. The molecule has 0 aliphatic carbocycles. The van der Waals surface area contributed by atoms with E-state index < -0.39 is 0 Å². The second kappa shape index (κ2) is 9.85. The third kappa shape index (κ3) is 6.02. The summed E-state index contributed by atoms with van der Waals surface area (Å²) in [5.74, 6) is -0.334. The van der Waals surface area contributed by atoms with Crippen molar-refractivity contribution in [1.29, 1.82) is 0 Å². The highest BCUT2D eigenvalue weighted by Gasteiger charge is 2.22. The molecule has 29 heavy (non-hydrogen) atoms. The number of benzene rings is 2. The third-order valence-corrected chi connectivity index (χ3v) is 5.49. The normalized spacial score (nSPS) is 14.7. The molecule has 2 aromatic rings. The van der Waals surface area contributed by atoms with Gasteiger partial charge >= 0.3 is 0 Å². The topological polar surface area (TPSA) is 52.7 Å². The van der Waals surface area contributed by atoms with Crippen molar-refractivity contribution in [3.63, 3.8) is 0 Å². The van der Waals surface area contributed by atoms with Crippen LogP contribution < -0.4 is 5.32 Å². The summed E-state index contributed by atoms with van der Waals surface area (Å²) in [4.78, 5) is 28.5. The lowest BCUT2D eigenvalue weighted by atomic mass is 10.1. The molecule has 2 aromatic carbocycles. The van der Waals surface area contributed by atoms with Crippen molar-refractivity contribution < 1.29 is 14.0 Å². The van der Waals surface area contributed by atoms with Gasteiger partial charge in [0.1, 0.15) is 5.82 Å². The fourth-order valence-corrected chi connectivity index (χ4v) is 3.48. The first kappa shape index (κ1) is 21.3. The smallest absolute Gasteiger partial charge is 0.234 e. The van der Waals surface area contributed by atoms with Gasteiger partial charge in [0.25, 0.3) is 0 Å². The van der Waals surface area contributed by atoms with Crippen LogP contribution in [0.2, 0.25) is 5.02 Å². The van der Waals surface area contributed by atoms with E-state index in [9.17, 15) is 14.0 Å². The van der Waals surface area contributed by atoms with E-state index in [2.05, 4.69) is 5.32 Å². The number of amides is 2. The molecular weight excluding hydrogens is 393 g/mol. The molecule has 0 spiro atoms. The van der Waals surface area contributed by atoms with Gasteiger partial charge in [0.2, 0.25) is 11.8 Å². The molecule has 2 amide bonds. The van der Waals surface area contributed by atoms with E-state index in [4.69, 9.17) is 11.6 Å². The summed E-state index contributed by atoms with van der Waals surface area (Å²) in [6.45, 7) is 4.71. The number of nitrogens with zero attached hydrogens (tertiary/aromatic N) is 2. The first-order valence-corrected chi connectivity index (χ1v) is 10.1. The molecule has 154 valence electrons. The van der Waals surface area contributed by atoms with Crippen LogP contribution in [0.5, 0.6) is 0 Å². The molecule has 0 radical (unpaired) electrons. The van der Waals surface area contributed by atoms with Crippen molar-refractivity contribution in [1.82, 2.24) is 15.1 Å². The molecule has 0 aromatic heterocycles. The molecule has 1 aliphatic heterocycles. The van der Waals surface area contributed by atoms with Crippen LogP contribution in [0, 0.1) is 12.7 Å². The van der Waals surface area contributed by atoms with E-state index in [1.54, 1.807) is 19.1 Å². The molecule has 5 nitrogen and oxygen atoms in total. The minimum Gasteiger partial charge on any atom is -0.351 e. The van der Waals surface area contributed by atoms with Gasteiger partial charge in [-0.2, -0.15) is 0 Å². The van der Waals surface area contributed by atoms with Crippen molar-refractivity contribution in [2.24, 2.45) is 0 Å². The maximum absolute atomic E-state index is 13.6. The second-order valence-corrected chi connectivity index (χ2v) is 7.69. The van der Waals surface area contributed by atoms with Gasteiger partial charge in [-0.3, -0.25) is 14.5 Å². The van der Waals surface area contributed by atoms with Crippen molar-refractivity contribution in [2.75, 3.05) is 32.7 Å². The lowest BCUT2D eigenvalue weighted by molar-refractivity contribution is -0.132. The van der Waals surface area contributed by atoms with Crippen molar-refractivity contribution in [3.8, 4) is 0 Å². The van der Waals surface area contributed by atoms with E-state index in [0.29, 0.717) is 43.3 Å². The number of halogens is 2. The largest absolute Gasteiger partial charge is 0.351 e. The first-order valence-electron chi connectivity index (χ1n) is 9.67. The summed E-state index contributed by atoms with van der Waals surface area (Å²) in [5.41, 5.74) is 2.15. The SMILES string of the molecule is Cc1ccc(CNC(=O)CN2CCN(C(=O)Cc3ccccc3Cl)CC2)cc1F. The Morgan fingerprint density at radius 2 is 1.83 bits per heavy atom. The van der Waals surface area contributed by atoms with Gasteiger partial charge in [-0.05, 0) is 35.7 Å². The second-order valence-electron chi connectivity index (χ2n) is 7.29. The predicted octanol–water partition coefficient (Wildman–Crippen LogP) is 2.79. The summed E-state index contributed by atoms with van der Waals surface area (Å²) < 4.78 is 13.6. The number of piperazine rings is 1. The van der Waals surface area contributed by atoms with Crippen LogP contribution in [0.4, 0.5) is 4.39 Å². The highest BCUT2D eigenvalue weighted by Crippen LogP contribution is 2.17. The monoisotopic (exact) mass is 417 g/mol. The molecule has 1 saturated heterocycles. The quantitative estimate of drug-likeness (QED) is 0.786. The molecule has 1 N–H and O–H groups in total. The maximum Gasteiger partial charge on any atom is 0.234 e. The predicted molar refractivity (Wildman–Crippen MR) is 111 cm³/mol. The Bertz CT molecular complexity index is 882. The summed E-state index contributed by atoms with van der Waals surface area (Å²) in [6.07, 6.45) is 0.285. The van der Waals surface area contributed by atoms with Crippen molar-refractivity contribution in [3.05, 3.63) is 70.0 Å². The average Bonchev–Trinajstić information content (AvgIpc) is 2.71. The molecule has 0 saturated carbocycles. The number of hydrogen-bond donors (Lipinski definition) is 1. The van der Waals surface area contributed by atoms with E-state index in [1.807, 2.05) is 34.1 Å². The van der Waals surface area contributed by atoms with Gasteiger partial charge in [-0.1, -0.05) is 41.9 Å². The molecule has 0 bridgehead atoms. The van der Waals surface area contributed by atoms with Gasteiger partial charge in [0.15, 0.2) is 0 Å². The fourth-order valence-electron chi connectivity index (χ4n) is 3.28. The highest BCUT2D eigenvalue weighted by molar-refractivity contribution is 6.31. The molecular formula is C22H25ClFN3O2. The van der Waals surface area contributed by atoms with Crippen LogP contribution >= 0.6 is 11.6 Å². The van der Waals surface area contributed by atoms with Crippen molar-refractivity contribution in [2.45, 2.75) is 19.9 Å². The Hall–Kier alpha value is -2.44. The molecule has 3 rings (SSSR count). The minimum absolute atomic E-state index is 0.0450. The zero-order chi connectivity index (χ0) is 20.8. The number of hydrogen-bond acceptors (Lipinski definition) is 3. The minimum atomic E-state index is -0.269. The highest BCUT2D eigenvalue weighted by atomic mass is 35.5. The van der Waals surface area contributed by atoms with Gasteiger partial charge in [-0.25, -0.2) is 4.39 Å². The number of rotatable bonds is 6. The van der Waals surface area contributed by atoms with Crippen LogP contribution in [0.1, 0.15) is 16.7 Å². The van der Waals surface area contributed by atoms with E-state index >= 15 is 0 Å². The van der Waals surface area contributed by atoms with Gasteiger partial charge in [0.05, 0.1) is 13.0 Å².